The third-order valence-electron chi connectivity index (χ3n) is 4.57. The summed E-state index contributed by atoms with van der Waals surface area (Å²) in [6, 6.07) is 17.9. The van der Waals surface area contributed by atoms with Crippen molar-refractivity contribution in [3.63, 3.8) is 0 Å². The minimum atomic E-state index is -0.759. The van der Waals surface area contributed by atoms with Gasteiger partial charge in [-0.3, -0.25) is 0 Å². The van der Waals surface area contributed by atoms with E-state index in [2.05, 4.69) is 15.3 Å². The number of nitriles is 2. The lowest BCUT2D eigenvalue weighted by molar-refractivity contribution is 0.589. The predicted octanol–water partition coefficient (Wildman–Crippen LogP) is 5.73. The highest BCUT2D eigenvalue weighted by molar-refractivity contribution is 5.94. The molecule has 0 fully saturated rings. The van der Waals surface area contributed by atoms with Gasteiger partial charge in [0.15, 0.2) is 0 Å². The first-order chi connectivity index (χ1) is 15.1. The van der Waals surface area contributed by atoms with E-state index in [0.29, 0.717) is 22.2 Å². The van der Waals surface area contributed by atoms with Gasteiger partial charge in [0.1, 0.15) is 11.6 Å². The van der Waals surface area contributed by atoms with Crippen LogP contribution in [-0.2, 0) is 0 Å². The molecule has 148 valence electrons. The van der Waals surface area contributed by atoms with Crippen molar-refractivity contribution >= 4 is 28.6 Å². The lowest BCUT2D eigenvalue weighted by Gasteiger charge is -2.11. The van der Waals surface area contributed by atoms with E-state index in [1.807, 2.05) is 6.07 Å². The third kappa shape index (κ3) is 4.07. The van der Waals surface area contributed by atoms with Crippen LogP contribution in [0, 0.1) is 34.3 Å². The van der Waals surface area contributed by atoms with E-state index in [-0.39, 0.29) is 22.6 Å². The highest BCUT2D eigenvalue weighted by atomic mass is 19.1. The summed E-state index contributed by atoms with van der Waals surface area (Å²) in [7, 11) is 0. The van der Waals surface area contributed by atoms with Gasteiger partial charge in [-0.05, 0) is 48.0 Å². The van der Waals surface area contributed by atoms with E-state index in [4.69, 9.17) is 10.5 Å². The number of halogens is 2. The second-order valence-corrected chi connectivity index (χ2v) is 6.57. The lowest BCUT2D eigenvalue weighted by atomic mass is 9.99. The van der Waals surface area contributed by atoms with Crippen molar-refractivity contribution in [3.8, 4) is 23.3 Å². The number of hydrogen-bond acceptors (Lipinski definition) is 5. The maximum atomic E-state index is 14.8. The van der Waals surface area contributed by atoms with Crippen molar-refractivity contribution < 1.29 is 8.78 Å². The van der Waals surface area contributed by atoms with Gasteiger partial charge in [-0.25, -0.2) is 18.7 Å². The Kier molecular flexibility index (Phi) is 5.33. The second kappa shape index (κ2) is 8.40. The number of allylic oxidation sites excluding steroid dienone is 1. The first-order valence-corrected chi connectivity index (χ1v) is 9.17. The van der Waals surface area contributed by atoms with Gasteiger partial charge in [0, 0.05) is 28.9 Å². The molecule has 4 rings (SSSR count). The first kappa shape index (κ1) is 19.7. The monoisotopic (exact) mass is 409 g/mol. The van der Waals surface area contributed by atoms with Crippen molar-refractivity contribution in [1.29, 1.82) is 10.5 Å². The normalized spacial score (nSPS) is 10.7. The zero-order valence-corrected chi connectivity index (χ0v) is 16.0. The molecular formula is C24H13F2N5. The van der Waals surface area contributed by atoms with E-state index >= 15 is 0 Å². The molecule has 0 aliphatic carbocycles. The Bertz CT molecular complexity index is 1370. The van der Waals surface area contributed by atoms with Crippen LogP contribution in [0.2, 0.25) is 0 Å². The molecule has 1 aromatic heterocycles. The molecule has 5 nitrogen and oxygen atoms in total. The van der Waals surface area contributed by atoms with Crippen molar-refractivity contribution in [1.82, 2.24) is 9.97 Å². The van der Waals surface area contributed by atoms with Crippen LogP contribution < -0.4 is 5.32 Å². The Morgan fingerprint density at radius 3 is 2.39 bits per heavy atom. The van der Waals surface area contributed by atoms with Crippen LogP contribution in [-0.4, -0.2) is 9.97 Å². The van der Waals surface area contributed by atoms with Crippen LogP contribution in [0.25, 0.3) is 28.1 Å². The molecule has 0 spiro atoms. The van der Waals surface area contributed by atoms with Crippen LogP contribution in [0.5, 0.6) is 0 Å². The molecule has 3 aromatic carbocycles. The Morgan fingerprint density at radius 2 is 1.71 bits per heavy atom. The number of fused-ring (bicyclic) bond motifs is 1. The number of para-hydroxylation sites is 1. The summed E-state index contributed by atoms with van der Waals surface area (Å²) in [5, 5.41) is 21.2. The zero-order valence-electron chi connectivity index (χ0n) is 16.0. The molecule has 7 heteroatoms. The zero-order chi connectivity index (χ0) is 21.8. The van der Waals surface area contributed by atoms with Gasteiger partial charge in [-0.15, -0.1) is 0 Å². The highest BCUT2D eigenvalue weighted by Crippen LogP contribution is 2.33. The standard InChI is InChI=1S/C24H13F2N5/c25-20-11-16(3-2-10-27)12-21(26)22(20)19-5-1-4-17-14-29-24(31-23(17)19)30-18-8-6-15(13-28)7-9-18/h1-9,11-12,14H,(H,29,30,31). The van der Waals surface area contributed by atoms with Crippen molar-refractivity contribution in [2.24, 2.45) is 0 Å². The van der Waals surface area contributed by atoms with E-state index in [1.165, 1.54) is 18.2 Å². The van der Waals surface area contributed by atoms with Crippen molar-refractivity contribution in [2.45, 2.75) is 0 Å². The summed E-state index contributed by atoms with van der Waals surface area (Å²) in [5.74, 6) is -1.27. The van der Waals surface area contributed by atoms with Gasteiger partial charge in [0.05, 0.1) is 28.8 Å². The van der Waals surface area contributed by atoms with Gasteiger partial charge in [0.25, 0.3) is 0 Å². The molecule has 0 saturated heterocycles. The fraction of sp³-hybridized carbons (Fsp3) is 0. The van der Waals surface area contributed by atoms with Gasteiger partial charge >= 0.3 is 0 Å². The van der Waals surface area contributed by atoms with E-state index in [9.17, 15) is 8.78 Å². The minimum absolute atomic E-state index is 0.206. The largest absolute Gasteiger partial charge is 0.324 e. The Hall–Kier alpha value is -4.62. The third-order valence-corrected chi connectivity index (χ3v) is 4.57. The molecule has 4 aromatic rings. The molecule has 0 amide bonds. The SMILES string of the molecule is N#CC=Cc1cc(F)c(-c2cccc3cnc(Nc4ccc(C#N)cc4)nc23)c(F)c1. The van der Waals surface area contributed by atoms with Crippen LogP contribution in [0.1, 0.15) is 11.1 Å². The van der Waals surface area contributed by atoms with Crippen LogP contribution in [0.15, 0.2) is 66.9 Å². The fourth-order valence-electron chi connectivity index (χ4n) is 3.15. The molecule has 1 N–H and O–H groups in total. The topological polar surface area (TPSA) is 85.4 Å². The minimum Gasteiger partial charge on any atom is -0.324 e. The van der Waals surface area contributed by atoms with Crippen molar-refractivity contribution in [3.05, 3.63) is 89.6 Å². The maximum absolute atomic E-state index is 14.8. The molecule has 0 saturated carbocycles. The molecule has 0 bridgehead atoms. The Morgan fingerprint density at radius 1 is 0.968 bits per heavy atom. The molecule has 31 heavy (non-hydrogen) atoms. The fourth-order valence-corrected chi connectivity index (χ4v) is 3.15. The Balaban J connectivity index is 1.78. The summed E-state index contributed by atoms with van der Waals surface area (Å²) >= 11 is 0. The molecule has 0 aliphatic heterocycles. The van der Waals surface area contributed by atoms with Gasteiger partial charge in [-0.1, -0.05) is 18.2 Å². The van der Waals surface area contributed by atoms with Gasteiger partial charge in [-0.2, -0.15) is 10.5 Å². The van der Waals surface area contributed by atoms with Crippen LogP contribution in [0.3, 0.4) is 0 Å². The number of nitrogens with zero attached hydrogens (tertiary/aromatic N) is 4. The van der Waals surface area contributed by atoms with Crippen molar-refractivity contribution in [2.75, 3.05) is 5.32 Å². The molecule has 0 unspecified atom stereocenters. The molecule has 0 atom stereocenters. The lowest BCUT2D eigenvalue weighted by Crippen LogP contribution is -1.99. The Labute approximate surface area is 176 Å². The number of rotatable bonds is 4. The quantitative estimate of drug-likeness (QED) is 0.435. The second-order valence-electron chi connectivity index (χ2n) is 6.57. The van der Waals surface area contributed by atoms with E-state index in [1.54, 1.807) is 54.7 Å². The number of benzene rings is 3. The highest BCUT2D eigenvalue weighted by Gasteiger charge is 2.17. The summed E-state index contributed by atoms with van der Waals surface area (Å²) < 4.78 is 29.7. The molecule has 0 radical (unpaired) electrons. The van der Waals surface area contributed by atoms with Gasteiger partial charge in [0.2, 0.25) is 5.95 Å². The summed E-state index contributed by atoms with van der Waals surface area (Å²) in [4.78, 5) is 8.72. The first-order valence-electron chi connectivity index (χ1n) is 9.17. The number of aromatic nitrogens is 2. The average Bonchev–Trinajstić information content (AvgIpc) is 2.78. The van der Waals surface area contributed by atoms with Crippen LogP contribution in [0.4, 0.5) is 20.4 Å². The number of nitrogens with one attached hydrogen (secondary N) is 1. The summed E-state index contributed by atoms with van der Waals surface area (Å²) in [6.45, 7) is 0. The predicted molar refractivity (Wildman–Crippen MR) is 114 cm³/mol. The van der Waals surface area contributed by atoms with E-state index in [0.717, 1.165) is 6.08 Å². The summed E-state index contributed by atoms with van der Waals surface area (Å²) in [5.41, 5.74) is 1.90. The van der Waals surface area contributed by atoms with Gasteiger partial charge < -0.3 is 5.32 Å². The molecular weight excluding hydrogens is 396 g/mol. The average molecular weight is 409 g/mol. The number of hydrogen-bond donors (Lipinski definition) is 1. The summed E-state index contributed by atoms with van der Waals surface area (Å²) in [6.07, 6.45) is 4.05. The maximum Gasteiger partial charge on any atom is 0.227 e. The van der Waals surface area contributed by atoms with Crippen LogP contribution >= 0.6 is 0 Å². The molecule has 1 heterocycles. The number of anilines is 2. The molecule has 0 aliphatic rings. The van der Waals surface area contributed by atoms with E-state index < -0.39 is 11.6 Å². The smallest absolute Gasteiger partial charge is 0.227 e.